The Morgan fingerprint density at radius 2 is 2.00 bits per heavy atom. The van der Waals surface area contributed by atoms with Crippen LogP contribution in [0.3, 0.4) is 0 Å². The molecule has 1 heterocycles. The van der Waals surface area contributed by atoms with Crippen molar-refractivity contribution in [2.75, 3.05) is 10.5 Å². The molecule has 0 bridgehead atoms. The molecule has 5 nitrogen and oxygen atoms in total. The number of benzene rings is 1. The molecule has 0 amide bonds. The fourth-order valence-corrected chi connectivity index (χ4v) is 5.26. The fourth-order valence-electron chi connectivity index (χ4n) is 2.57. The molecule has 0 atom stereocenters. The lowest BCUT2D eigenvalue weighted by Gasteiger charge is -2.21. The minimum Gasteiger partial charge on any atom is -0.399 e. The van der Waals surface area contributed by atoms with Gasteiger partial charge in [-0.2, -0.15) is 0 Å². The standard InChI is InChI=1S/C13H17N3O2S2/c14-9-6-7-11-12(8-9)19-13(15-11)16-20(17,18)10-4-2-1-3-5-10/h6-8,10H,1-5,14H2,(H,15,16). The van der Waals surface area contributed by atoms with Crippen LogP contribution < -0.4 is 10.5 Å². The van der Waals surface area contributed by atoms with E-state index in [2.05, 4.69) is 9.71 Å². The van der Waals surface area contributed by atoms with Crippen LogP contribution in [0.4, 0.5) is 10.8 Å². The summed E-state index contributed by atoms with van der Waals surface area (Å²) in [5.41, 5.74) is 7.14. The molecule has 0 unspecified atom stereocenters. The van der Waals surface area contributed by atoms with Crippen LogP contribution in [-0.4, -0.2) is 18.7 Å². The van der Waals surface area contributed by atoms with Crippen LogP contribution in [0.1, 0.15) is 32.1 Å². The summed E-state index contributed by atoms with van der Waals surface area (Å²) in [4.78, 5) is 4.31. The third kappa shape index (κ3) is 2.73. The molecule has 0 aliphatic heterocycles. The molecule has 7 heteroatoms. The predicted molar refractivity (Wildman–Crippen MR) is 83.4 cm³/mol. The molecule has 0 spiro atoms. The van der Waals surface area contributed by atoms with Crippen molar-refractivity contribution >= 4 is 42.4 Å². The fraction of sp³-hybridized carbons (Fsp3) is 0.462. The number of thiazole rings is 1. The molecule has 0 radical (unpaired) electrons. The zero-order valence-corrected chi connectivity index (χ0v) is 12.6. The van der Waals surface area contributed by atoms with Crippen molar-refractivity contribution < 1.29 is 8.42 Å². The lowest BCUT2D eigenvalue weighted by atomic mass is 10.0. The average Bonchev–Trinajstić information content (AvgIpc) is 2.80. The second-order valence-electron chi connectivity index (χ2n) is 5.15. The van der Waals surface area contributed by atoms with Crippen molar-refractivity contribution in [1.29, 1.82) is 0 Å². The van der Waals surface area contributed by atoms with E-state index in [1.165, 1.54) is 11.3 Å². The first-order valence-corrected chi connectivity index (χ1v) is 9.08. The zero-order chi connectivity index (χ0) is 14.2. The molecule has 1 aromatic carbocycles. The molecular formula is C13H17N3O2S2. The van der Waals surface area contributed by atoms with Gasteiger partial charge in [0.25, 0.3) is 0 Å². The maximum atomic E-state index is 12.3. The van der Waals surface area contributed by atoms with E-state index in [0.717, 1.165) is 42.3 Å². The van der Waals surface area contributed by atoms with Crippen molar-refractivity contribution in [3.8, 4) is 0 Å². The Labute approximate surface area is 122 Å². The van der Waals surface area contributed by atoms with E-state index in [-0.39, 0.29) is 5.25 Å². The molecule has 3 N–H and O–H groups in total. The van der Waals surface area contributed by atoms with E-state index >= 15 is 0 Å². The number of rotatable bonds is 3. The number of aromatic nitrogens is 1. The quantitative estimate of drug-likeness (QED) is 0.853. The predicted octanol–water partition coefficient (Wildman–Crippen LogP) is 2.95. The van der Waals surface area contributed by atoms with Crippen LogP contribution >= 0.6 is 11.3 Å². The van der Waals surface area contributed by atoms with Gasteiger partial charge in [0.2, 0.25) is 10.0 Å². The zero-order valence-electron chi connectivity index (χ0n) is 11.0. The van der Waals surface area contributed by atoms with Crippen molar-refractivity contribution in [2.24, 2.45) is 0 Å². The first-order chi connectivity index (χ1) is 9.54. The van der Waals surface area contributed by atoms with E-state index in [1.54, 1.807) is 12.1 Å². The van der Waals surface area contributed by atoms with Crippen LogP contribution in [0.2, 0.25) is 0 Å². The van der Waals surface area contributed by atoms with Gasteiger partial charge in [-0.05, 0) is 31.0 Å². The summed E-state index contributed by atoms with van der Waals surface area (Å²) >= 11 is 1.32. The molecule has 0 saturated heterocycles. The van der Waals surface area contributed by atoms with E-state index in [4.69, 9.17) is 5.73 Å². The number of fused-ring (bicyclic) bond motifs is 1. The highest BCUT2D eigenvalue weighted by Crippen LogP contribution is 2.30. The summed E-state index contributed by atoms with van der Waals surface area (Å²) < 4.78 is 28.2. The molecule has 1 aliphatic rings. The molecule has 108 valence electrons. The molecule has 3 rings (SSSR count). The van der Waals surface area contributed by atoms with E-state index in [0.29, 0.717) is 10.8 Å². The Balaban J connectivity index is 1.84. The topological polar surface area (TPSA) is 85.1 Å². The van der Waals surface area contributed by atoms with Gasteiger partial charge in [0.1, 0.15) is 0 Å². The van der Waals surface area contributed by atoms with Crippen LogP contribution in [-0.2, 0) is 10.0 Å². The molecule has 20 heavy (non-hydrogen) atoms. The molecule has 1 saturated carbocycles. The lowest BCUT2D eigenvalue weighted by molar-refractivity contribution is 0.486. The highest BCUT2D eigenvalue weighted by molar-refractivity contribution is 7.93. The number of sulfonamides is 1. The monoisotopic (exact) mass is 311 g/mol. The van der Waals surface area contributed by atoms with E-state index in [9.17, 15) is 8.42 Å². The van der Waals surface area contributed by atoms with Crippen LogP contribution in [0, 0.1) is 0 Å². The Kier molecular flexibility index (Phi) is 3.55. The van der Waals surface area contributed by atoms with Crippen LogP contribution in [0.25, 0.3) is 10.2 Å². The van der Waals surface area contributed by atoms with Gasteiger partial charge >= 0.3 is 0 Å². The molecule has 2 aromatic rings. The van der Waals surface area contributed by atoms with Gasteiger partial charge in [-0.3, -0.25) is 4.72 Å². The minimum absolute atomic E-state index is 0.284. The highest BCUT2D eigenvalue weighted by Gasteiger charge is 2.28. The molecule has 1 aliphatic carbocycles. The number of nitrogens with zero attached hydrogens (tertiary/aromatic N) is 1. The van der Waals surface area contributed by atoms with Gasteiger partial charge in [-0.25, -0.2) is 13.4 Å². The average molecular weight is 311 g/mol. The van der Waals surface area contributed by atoms with Gasteiger partial charge in [-0.1, -0.05) is 30.6 Å². The number of nitrogens with one attached hydrogen (secondary N) is 1. The van der Waals surface area contributed by atoms with Gasteiger partial charge in [0.05, 0.1) is 15.5 Å². The van der Waals surface area contributed by atoms with Gasteiger partial charge in [0, 0.05) is 5.69 Å². The normalized spacial score (nSPS) is 17.4. The van der Waals surface area contributed by atoms with E-state index < -0.39 is 10.0 Å². The van der Waals surface area contributed by atoms with Crippen LogP contribution in [0.5, 0.6) is 0 Å². The maximum absolute atomic E-state index is 12.3. The molecule has 1 fully saturated rings. The largest absolute Gasteiger partial charge is 0.399 e. The summed E-state index contributed by atoms with van der Waals surface area (Å²) in [6, 6.07) is 5.38. The molecule has 1 aromatic heterocycles. The van der Waals surface area contributed by atoms with E-state index in [1.807, 2.05) is 6.07 Å². The van der Waals surface area contributed by atoms with Crippen molar-refractivity contribution in [2.45, 2.75) is 37.4 Å². The van der Waals surface area contributed by atoms with Crippen molar-refractivity contribution in [1.82, 2.24) is 4.98 Å². The summed E-state index contributed by atoms with van der Waals surface area (Å²) in [6.45, 7) is 0. The second kappa shape index (κ2) is 5.21. The summed E-state index contributed by atoms with van der Waals surface area (Å²) in [5, 5.41) is 0.143. The second-order valence-corrected chi connectivity index (χ2v) is 8.14. The summed E-state index contributed by atoms with van der Waals surface area (Å²) in [5.74, 6) is 0. The van der Waals surface area contributed by atoms with Gasteiger partial charge in [0.15, 0.2) is 5.13 Å². The summed E-state index contributed by atoms with van der Waals surface area (Å²) in [6.07, 6.45) is 4.59. The number of hydrogen-bond donors (Lipinski definition) is 2. The summed E-state index contributed by atoms with van der Waals surface area (Å²) in [7, 11) is -3.33. The molecular weight excluding hydrogens is 294 g/mol. The first kappa shape index (κ1) is 13.6. The Bertz CT molecular complexity index is 718. The van der Waals surface area contributed by atoms with Crippen LogP contribution in [0.15, 0.2) is 18.2 Å². The van der Waals surface area contributed by atoms with Gasteiger partial charge < -0.3 is 5.73 Å². The Morgan fingerprint density at radius 3 is 2.75 bits per heavy atom. The minimum atomic E-state index is -3.33. The lowest BCUT2D eigenvalue weighted by Crippen LogP contribution is -2.29. The van der Waals surface area contributed by atoms with Gasteiger partial charge in [-0.15, -0.1) is 0 Å². The number of nitrogen functional groups attached to an aromatic ring is 1. The Morgan fingerprint density at radius 1 is 1.25 bits per heavy atom. The first-order valence-electron chi connectivity index (χ1n) is 6.72. The number of hydrogen-bond acceptors (Lipinski definition) is 5. The SMILES string of the molecule is Nc1ccc2nc(NS(=O)(=O)C3CCCCC3)sc2c1. The third-order valence-corrected chi connectivity index (χ3v) is 6.52. The number of anilines is 2. The third-order valence-electron chi connectivity index (χ3n) is 3.63. The Hall–Kier alpha value is -1.34. The van der Waals surface area contributed by atoms with Crippen molar-refractivity contribution in [3.05, 3.63) is 18.2 Å². The number of nitrogens with two attached hydrogens (primary N) is 1. The highest BCUT2D eigenvalue weighted by atomic mass is 32.2. The smallest absolute Gasteiger partial charge is 0.237 e. The van der Waals surface area contributed by atoms with Crippen molar-refractivity contribution in [3.63, 3.8) is 0 Å². The maximum Gasteiger partial charge on any atom is 0.237 e.